The summed E-state index contributed by atoms with van der Waals surface area (Å²) in [6, 6.07) is 10.4. The molecule has 0 bridgehead atoms. The third-order valence-corrected chi connectivity index (χ3v) is 15.4. The standard InChI is InChI=1S/C44H61N2O11PS2/c1-8-12-26-43(6)36-31-34(5)22-24-38(36)45(28-17-14-18-29-55-33-47)40(43)20-15-13-16-21-41-44(7,27-30-58(48,56-10-3)57-11-4)37-32-35(59(49,50)51)23-25-39(37)46(41)42(19-9-2)60(52,53)54/h1,13,15-16,20-25,31-33,42H,8-12,14,17-19,26-30H2,2-7H3,(H-,49,50,51,52,53,54)/p+1. The summed E-state index contributed by atoms with van der Waals surface area (Å²) in [7, 11) is -13.0. The van der Waals surface area contributed by atoms with Gasteiger partial charge >= 0.3 is 7.60 Å². The Bertz CT molecular complexity index is 2230. The highest BCUT2D eigenvalue weighted by Crippen LogP contribution is 2.57. The number of aryl methyl sites for hydroxylation is 1. The summed E-state index contributed by atoms with van der Waals surface area (Å²) in [4.78, 5) is 11.7. The molecule has 60 heavy (non-hydrogen) atoms. The number of ether oxygens (including phenoxy) is 1. The van der Waals surface area contributed by atoms with Gasteiger partial charge in [-0.25, -0.2) is 0 Å². The van der Waals surface area contributed by atoms with Crippen molar-refractivity contribution in [3.8, 4) is 0 Å². The van der Waals surface area contributed by atoms with Crippen LogP contribution in [0.2, 0.25) is 0 Å². The minimum atomic E-state index is -4.72. The van der Waals surface area contributed by atoms with E-state index in [0.717, 1.165) is 55.6 Å². The van der Waals surface area contributed by atoms with Crippen molar-refractivity contribution in [1.29, 1.82) is 0 Å². The van der Waals surface area contributed by atoms with Gasteiger partial charge in [0, 0.05) is 40.9 Å². The Morgan fingerprint density at radius 1 is 0.900 bits per heavy atom. The molecule has 2 aromatic rings. The predicted molar refractivity (Wildman–Crippen MR) is 235 cm³/mol. The summed E-state index contributed by atoms with van der Waals surface area (Å²) in [5, 5.41) is -1.45. The van der Waals surface area contributed by atoms with Gasteiger partial charge in [0.1, 0.15) is 6.54 Å². The van der Waals surface area contributed by atoms with E-state index in [0.29, 0.717) is 42.9 Å². The van der Waals surface area contributed by atoms with Crippen LogP contribution in [0.1, 0.15) is 109 Å². The van der Waals surface area contributed by atoms with Crippen LogP contribution in [0, 0.1) is 13.8 Å². The molecule has 16 heteroatoms. The van der Waals surface area contributed by atoms with Crippen molar-refractivity contribution in [1.82, 2.24) is 0 Å². The monoisotopic (exact) mass is 889 g/mol. The van der Waals surface area contributed by atoms with E-state index in [4.69, 9.17) is 20.7 Å². The van der Waals surface area contributed by atoms with Gasteiger partial charge in [-0.2, -0.15) is 21.4 Å². The average Bonchev–Trinajstić information content (AvgIpc) is 3.56. The fourth-order valence-electron chi connectivity index (χ4n) is 8.44. The maximum absolute atomic E-state index is 13.8. The molecule has 4 rings (SSSR count). The maximum Gasteiger partial charge on any atom is 0.330 e. The van der Waals surface area contributed by atoms with Gasteiger partial charge in [-0.1, -0.05) is 49.6 Å². The third kappa shape index (κ3) is 11.3. The quantitative estimate of drug-likeness (QED) is 0.0242. The molecule has 13 nitrogen and oxygen atoms in total. The predicted octanol–water partition coefficient (Wildman–Crippen LogP) is 9.27. The van der Waals surface area contributed by atoms with Crippen LogP contribution in [0.25, 0.3) is 0 Å². The second-order valence-electron chi connectivity index (χ2n) is 15.6. The summed E-state index contributed by atoms with van der Waals surface area (Å²) >= 11 is 0. The largest absolute Gasteiger partial charge is 0.468 e. The third-order valence-electron chi connectivity index (χ3n) is 11.4. The molecule has 0 saturated carbocycles. The van der Waals surface area contributed by atoms with Gasteiger partial charge in [0.15, 0.2) is 11.1 Å². The number of benzene rings is 2. The number of hydrogen-bond acceptors (Lipinski definition) is 10. The first kappa shape index (κ1) is 49.2. The lowest BCUT2D eigenvalue weighted by atomic mass is 9.75. The maximum atomic E-state index is 13.8. The van der Waals surface area contributed by atoms with Crippen molar-refractivity contribution in [3.63, 3.8) is 0 Å². The lowest BCUT2D eigenvalue weighted by molar-refractivity contribution is -0.438. The molecule has 2 aromatic carbocycles. The van der Waals surface area contributed by atoms with E-state index < -0.39 is 43.5 Å². The van der Waals surface area contributed by atoms with Crippen molar-refractivity contribution in [2.45, 2.75) is 120 Å². The molecule has 2 radical (unpaired) electrons. The van der Waals surface area contributed by atoms with Crippen LogP contribution < -0.4 is 4.90 Å². The summed E-state index contributed by atoms with van der Waals surface area (Å²) in [6.07, 6.45) is 14.3. The smallest absolute Gasteiger partial charge is 0.330 e. The van der Waals surface area contributed by atoms with Crippen molar-refractivity contribution < 1.29 is 53.7 Å². The molecule has 3 atom stereocenters. The van der Waals surface area contributed by atoms with E-state index >= 15 is 0 Å². The molecule has 0 aliphatic carbocycles. The average molecular weight is 890 g/mol. The number of carbonyl (C=O) groups is 1. The van der Waals surface area contributed by atoms with Crippen LogP contribution in [0.5, 0.6) is 0 Å². The number of rotatable bonds is 25. The Kier molecular flexibility index (Phi) is 17.3. The number of nitrogens with zero attached hydrogens (tertiary/aromatic N) is 2. The van der Waals surface area contributed by atoms with E-state index in [9.17, 15) is 35.3 Å². The van der Waals surface area contributed by atoms with Crippen molar-refractivity contribution >= 4 is 51.4 Å². The fraction of sp³-hybridized carbons (Fsp3) is 0.523. The Balaban J connectivity index is 1.88. The minimum Gasteiger partial charge on any atom is -0.468 e. The second-order valence-corrected chi connectivity index (χ2v) is 20.8. The zero-order chi connectivity index (χ0) is 44.4. The molecule has 2 aliphatic heterocycles. The normalized spacial score (nSPS) is 20.8. The van der Waals surface area contributed by atoms with Gasteiger partial charge in [-0.05, 0) is 116 Å². The number of anilines is 1. The van der Waals surface area contributed by atoms with E-state index in [1.54, 1.807) is 39.8 Å². The van der Waals surface area contributed by atoms with Gasteiger partial charge in [0.2, 0.25) is 5.69 Å². The second kappa shape index (κ2) is 21.1. The molecule has 0 saturated heterocycles. The Hall–Kier alpha value is -3.43. The van der Waals surface area contributed by atoms with Crippen molar-refractivity contribution in [2.75, 3.05) is 37.4 Å². The first-order valence-electron chi connectivity index (χ1n) is 20.7. The first-order chi connectivity index (χ1) is 28.3. The summed E-state index contributed by atoms with van der Waals surface area (Å²) in [5.74, 6) is 0. The summed E-state index contributed by atoms with van der Waals surface area (Å²) in [6.45, 7) is 19.1. The number of hydrogen-bond donors (Lipinski definition) is 2. The van der Waals surface area contributed by atoms with Gasteiger partial charge in [-0.15, -0.1) is 0 Å². The molecule has 330 valence electrons. The van der Waals surface area contributed by atoms with Gasteiger partial charge < -0.3 is 18.7 Å². The van der Waals surface area contributed by atoms with Crippen molar-refractivity contribution in [2.24, 2.45) is 0 Å². The molecular formula is C44H62N2O11PS2+. The lowest BCUT2D eigenvalue weighted by Crippen LogP contribution is -2.41. The Morgan fingerprint density at radius 3 is 2.23 bits per heavy atom. The molecule has 0 aromatic heterocycles. The van der Waals surface area contributed by atoms with E-state index in [1.807, 2.05) is 12.2 Å². The molecule has 2 heterocycles. The van der Waals surface area contributed by atoms with Crippen LogP contribution in [0.3, 0.4) is 0 Å². The zero-order valence-corrected chi connectivity index (χ0v) is 38.2. The van der Waals surface area contributed by atoms with Crippen LogP contribution in [-0.2, 0) is 54.2 Å². The van der Waals surface area contributed by atoms with Crippen LogP contribution in [0.15, 0.2) is 77.4 Å². The number of allylic oxidation sites excluding steroid dienone is 6. The topological polar surface area (TPSA) is 177 Å². The molecule has 2 aliphatic rings. The van der Waals surface area contributed by atoms with Crippen LogP contribution in [0.4, 0.5) is 11.4 Å². The summed E-state index contributed by atoms with van der Waals surface area (Å²) in [5.41, 5.74) is 4.09. The number of carbonyl (C=O) groups excluding carboxylic acids is 1. The number of fused-ring (bicyclic) bond motifs is 2. The van der Waals surface area contributed by atoms with Gasteiger partial charge in [-0.3, -0.25) is 18.5 Å². The molecule has 3 unspecified atom stereocenters. The highest BCUT2D eigenvalue weighted by molar-refractivity contribution is 7.86. The van der Waals surface area contributed by atoms with Crippen LogP contribution in [-0.4, -0.2) is 80.6 Å². The Morgan fingerprint density at radius 2 is 1.62 bits per heavy atom. The van der Waals surface area contributed by atoms with Crippen LogP contribution >= 0.6 is 7.60 Å². The summed E-state index contributed by atoms with van der Waals surface area (Å²) < 4.78 is 104. The molecule has 0 amide bonds. The molecular weight excluding hydrogens is 828 g/mol. The van der Waals surface area contributed by atoms with E-state index in [2.05, 4.69) is 42.7 Å². The van der Waals surface area contributed by atoms with E-state index in [-0.39, 0.29) is 37.6 Å². The lowest BCUT2D eigenvalue weighted by Gasteiger charge is -2.34. The zero-order valence-electron chi connectivity index (χ0n) is 35.7. The Labute approximate surface area is 357 Å². The molecule has 0 fully saturated rings. The first-order valence-corrected chi connectivity index (χ1v) is 25.3. The molecule has 2 N–H and O–H groups in total. The molecule has 0 spiro atoms. The highest BCUT2D eigenvalue weighted by Gasteiger charge is 2.50. The minimum absolute atomic E-state index is 0.0332. The highest BCUT2D eigenvalue weighted by atomic mass is 32.2. The number of unbranched alkanes of at least 4 members (excludes halogenated alkanes) is 3. The van der Waals surface area contributed by atoms with Gasteiger partial charge in [0.05, 0.1) is 36.3 Å². The van der Waals surface area contributed by atoms with Crippen molar-refractivity contribution in [3.05, 3.63) is 96.1 Å². The SMILES string of the molecule is [CH]CCCC1(C)C(C=CC=CC=C2N(C(CCC)S(=O)(=O)O)c3ccc(S(=O)(=O)O)cc3C2(C)CCP(=O)(OCC)OCC)=[N+](CCCCCOC=O)c2ccc(C)cc21. The van der Waals surface area contributed by atoms with E-state index in [1.165, 1.54) is 28.7 Å². The fourth-order valence-corrected chi connectivity index (χ4v) is 11.8. The van der Waals surface area contributed by atoms with Gasteiger partial charge in [0.25, 0.3) is 26.7 Å².